The van der Waals surface area contributed by atoms with E-state index in [4.69, 9.17) is 28.8 Å². The molecule has 0 radical (unpaired) electrons. The third-order valence-corrected chi connectivity index (χ3v) is 19.1. The maximum Gasteiger partial charge on any atom is 0.416 e. The number of nitrogens with one attached hydrogen (secondary N) is 3. The molecule has 0 atom stereocenters. The number of amides is 3. The first kappa shape index (κ1) is 75.2. The Labute approximate surface area is 615 Å². The van der Waals surface area contributed by atoms with Crippen LogP contribution in [-0.2, 0) is 12.7 Å². The van der Waals surface area contributed by atoms with Gasteiger partial charge < -0.3 is 47.9 Å². The summed E-state index contributed by atoms with van der Waals surface area (Å²) in [5.74, 6) is 19.2. The highest BCUT2D eigenvalue weighted by Gasteiger charge is 2.34. The van der Waals surface area contributed by atoms with Crippen LogP contribution in [0.25, 0.3) is 32.6 Å². The lowest BCUT2D eigenvalue weighted by molar-refractivity contribution is -0.138. The average Bonchev–Trinajstić information content (AvgIpc) is 0.818. The molecule has 3 saturated heterocycles. The second kappa shape index (κ2) is 35.0. The Morgan fingerprint density at radius 2 is 0.952 bits per heavy atom. The predicted octanol–water partition coefficient (Wildman–Crippen LogP) is 11.2. The van der Waals surface area contributed by atoms with Crippen molar-refractivity contribution in [1.82, 2.24) is 60.1 Å². The van der Waals surface area contributed by atoms with Crippen LogP contribution < -0.4 is 33.2 Å². The maximum absolute atomic E-state index is 14.0. The van der Waals surface area contributed by atoms with Crippen LogP contribution in [0.5, 0.6) is 0 Å². The Kier molecular flexibility index (Phi) is 25.0. The van der Waals surface area contributed by atoms with Gasteiger partial charge in [0.1, 0.15) is 28.5 Å². The van der Waals surface area contributed by atoms with Crippen molar-refractivity contribution in [2.45, 2.75) is 52.8 Å². The number of fused-ring (bicyclic) bond motifs is 3. The molecule has 0 bridgehead atoms. The van der Waals surface area contributed by atoms with Crippen LogP contribution in [-0.4, -0.2) is 173 Å². The van der Waals surface area contributed by atoms with E-state index in [9.17, 15) is 27.6 Å². The van der Waals surface area contributed by atoms with Crippen LogP contribution >= 0.6 is 11.6 Å². The molecule has 5 aromatic carbocycles. The van der Waals surface area contributed by atoms with Crippen molar-refractivity contribution in [1.29, 1.82) is 0 Å². The number of likely N-dealkylation sites (tertiary alicyclic amines) is 1. The largest absolute Gasteiger partial charge is 0.416 e. The molecule has 23 heteroatoms. The third kappa shape index (κ3) is 20.0. The van der Waals surface area contributed by atoms with Crippen LogP contribution in [0.15, 0.2) is 146 Å². The fourth-order valence-corrected chi connectivity index (χ4v) is 12.6. The van der Waals surface area contributed by atoms with E-state index in [1.54, 1.807) is 61.3 Å². The molecule has 8 heterocycles. The standard InChI is InChI=1S/C32H29ClF3N5O.C25H28N6O.C25H27N5O/c1-20-3-4-22(15-21(20)7-10-27-28-16-25(33)8-5-23(28)18-38-30(27)37)31(42)39-26-9-6-24(29(17-26)32(34,35)36)19-41-13-11-40(2)12-14-41;1-18-5-6-20(25(32)28-10-11-31-14-12-30(2)13-15-31)16-19(18)7-8-21-17-29-24(26)23-22(21)4-3-9-27-23;1-18-7-8-20(25(31)28-12-15-30-13-3-2-4-14-30)16-19(18)9-10-21-17-29-24(26)23-22(21)6-5-11-27-23/h3-6,8-9,15-18H,11-14,19H2,1-2H3,(H2,37,38)(H,39,42);3-6,9,16-17H,10-15H2,1-2H3,(H2,26,29)(H,28,32);5-8,11,16-17H,2-4,12-15H2,1H3,(H2,26,29)(H,28,31). The zero-order valence-electron chi connectivity index (χ0n) is 59.5. The Morgan fingerprint density at radius 1 is 0.486 bits per heavy atom. The molecule has 3 amide bonds. The van der Waals surface area contributed by atoms with Crippen molar-refractivity contribution in [3.63, 3.8) is 0 Å². The number of nitrogens with two attached hydrogens (primary N) is 3. The molecule has 0 spiro atoms. The molecular weight excluding hydrogens is 1350 g/mol. The van der Waals surface area contributed by atoms with Crippen LogP contribution in [0.1, 0.15) is 112 Å². The minimum atomic E-state index is -4.56. The number of rotatable bonds is 12. The summed E-state index contributed by atoms with van der Waals surface area (Å²) in [5.41, 5.74) is 27.3. The normalized spacial score (nSPS) is 14.4. The minimum absolute atomic E-state index is 0.0640. The van der Waals surface area contributed by atoms with E-state index in [-0.39, 0.29) is 41.0 Å². The van der Waals surface area contributed by atoms with Crippen molar-refractivity contribution < 1.29 is 27.6 Å². The topological polar surface area (TPSA) is 246 Å². The molecule has 9 N–H and O–H groups in total. The van der Waals surface area contributed by atoms with Gasteiger partial charge in [-0.15, -0.1) is 0 Å². The number of alkyl halides is 3. The quantitative estimate of drug-likeness (QED) is 0.0623. The molecule has 0 saturated carbocycles. The first-order valence-corrected chi connectivity index (χ1v) is 35.3. The molecule has 5 aromatic heterocycles. The van der Waals surface area contributed by atoms with Crippen LogP contribution in [0.4, 0.5) is 36.3 Å². The van der Waals surface area contributed by atoms with Gasteiger partial charge in [0.05, 0.1) is 22.3 Å². The summed E-state index contributed by atoms with van der Waals surface area (Å²) in [6, 6.07) is 33.1. The lowest BCUT2D eigenvalue weighted by Crippen LogP contribution is -2.46. The van der Waals surface area contributed by atoms with Gasteiger partial charge in [0, 0.05) is 182 Å². The van der Waals surface area contributed by atoms with E-state index in [1.165, 1.54) is 31.4 Å². The lowest BCUT2D eigenvalue weighted by Gasteiger charge is -2.33. The number of aromatic nitrogens is 5. The number of nitrogens with zero attached hydrogens (tertiary/aromatic N) is 10. The van der Waals surface area contributed by atoms with E-state index in [2.05, 4.69) is 103 Å². The molecule has 538 valence electrons. The first-order chi connectivity index (χ1) is 50.6. The number of hydrogen-bond acceptors (Lipinski definition) is 16. The van der Waals surface area contributed by atoms with E-state index < -0.39 is 17.6 Å². The molecule has 0 unspecified atom stereocenters. The van der Waals surface area contributed by atoms with Gasteiger partial charge in [-0.1, -0.05) is 83.9 Å². The average molecular weight is 1430 g/mol. The highest BCUT2D eigenvalue weighted by atomic mass is 35.5. The molecule has 3 aliphatic heterocycles. The number of anilines is 4. The molecule has 13 rings (SSSR count). The van der Waals surface area contributed by atoms with E-state index >= 15 is 0 Å². The number of nitrogen functional groups attached to an aromatic ring is 3. The molecule has 105 heavy (non-hydrogen) atoms. The lowest BCUT2D eigenvalue weighted by atomic mass is 10.0. The Morgan fingerprint density at radius 3 is 1.47 bits per heavy atom. The Hall–Kier alpha value is -11.0. The van der Waals surface area contributed by atoms with Gasteiger partial charge in [-0.3, -0.25) is 34.2 Å². The molecule has 3 aliphatic rings. The van der Waals surface area contributed by atoms with Crippen molar-refractivity contribution >= 4 is 85.0 Å². The Balaban J connectivity index is 0.000000160. The number of benzene rings is 5. The van der Waals surface area contributed by atoms with Gasteiger partial charge in [-0.25, -0.2) is 15.0 Å². The number of piperazine rings is 2. The van der Waals surface area contributed by atoms with Gasteiger partial charge >= 0.3 is 6.18 Å². The predicted molar refractivity (Wildman–Crippen MR) is 412 cm³/mol. The van der Waals surface area contributed by atoms with E-state index in [0.29, 0.717) is 76.1 Å². The van der Waals surface area contributed by atoms with E-state index in [1.807, 2.05) is 99.4 Å². The second-order valence-corrected chi connectivity index (χ2v) is 26.9. The van der Waals surface area contributed by atoms with Gasteiger partial charge in [0.2, 0.25) is 0 Å². The summed E-state index contributed by atoms with van der Waals surface area (Å²) in [6.07, 6.45) is 7.61. The summed E-state index contributed by atoms with van der Waals surface area (Å²) in [6.45, 7) is 18.6. The van der Waals surface area contributed by atoms with Crippen LogP contribution in [0.2, 0.25) is 5.02 Å². The molecule has 19 nitrogen and oxygen atoms in total. The van der Waals surface area contributed by atoms with Crippen molar-refractivity contribution in [2.24, 2.45) is 0 Å². The number of halogens is 4. The molecule has 3 fully saturated rings. The maximum atomic E-state index is 14.0. The van der Waals surface area contributed by atoms with Crippen molar-refractivity contribution in [3.8, 4) is 35.5 Å². The molecule has 10 aromatic rings. The SMILES string of the molecule is Cc1ccc(C(=O)NCCN2CCCCC2)cc1C#Cc1cnc(N)c2ncccc12.Cc1ccc(C(=O)NCCN2CCN(C)CC2)cc1C#Cc1cnc(N)c2ncccc12.Cc1ccc(C(=O)Nc2ccc(CN3CCN(C)CC3)c(C(F)(F)F)c2)cc1C#Cc1c(N)ncc2ccc(Cl)cc12. The summed E-state index contributed by atoms with van der Waals surface area (Å²) in [5, 5.41) is 12.5. The highest BCUT2D eigenvalue weighted by Crippen LogP contribution is 2.35. The summed E-state index contributed by atoms with van der Waals surface area (Å²) >= 11 is 6.18. The van der Waals surface area contributed by atoms with Gasteiger partial charge in [0.25, 0.3) is 17.7 Å². The monoisotopic (exact) mass is 1430 g/mol. The zero-order valence-corrected chi connectivity index (χ0v) is 60.3. The number of hydrogen-bond donors (Lipinski definition) is 6. The Bertz CT molecular complexity index is 5050. The smallest absolute Gasteiger partial charge is 0.383 e. The van der Waals surface area contributed by atoms with Crippen molar-refractivity contribution in [3.05, 3.63) is 229 Å². The molecular formula is C82H84ClF3N16O3. The number of carbonyl (C=O) groups excluding carboxylic acids is 3. The number of likely N-dealkylation sites (N-methyl/N-ethyl adjacent to an activating group) is 2. The third-order valence-electron chi connectivity index (χ3n) is 18.8. The summed E-state index contributed by atoms with van der Waals surface area (Å²) in [7, 11) is 4.13. The number of carbonyl (C=O) groups is 3. The number of piperidine rings is 1. The van der Waals surface area contributed by atoms with Crippen molar-refractivity contribution in [2.75, 3.05) is 128 Å². The summed E-state index contributed by atoms with van der Waals surface area (Å²) in [4.78, 5) is 70.9. The zero-order chi connectivity index (χ0) is 74.2. The number of aryl methyl sites for hydroxylation is 3. The van der Waals surface area contributed by atoms with Gasteiger partial charge in [0.15, 0.2) is 0 Å². The highest BCUT2D eigenvalue weighted by molar-refractivity contribution is 6.31. The number of pyridine rings is 5. The minimum Gasteiger partial charge on any atom is -0.383 e. The second-order valence-electron chi connectivity index (χ2n) is 26.5. The van der Waals surface area contributed by atoms with Crippen LogP contribution in [0.3, 0.4) is 0 Å². The fraction of sp³-hybridized carbons (Fsp3) is 0.293. The summed E-state index contributed by atoms with van der Waals surface area (Å²) < 4.78 is 42.0. The first-order valence-electron chi connectivity index (χ1n) is 34.9. The fourth-order valence-electron chi connectivity index (χ4n) is 12.4. The molecule has 0 aliphatic carbocycles. The van der Waals surface area contributed by atoms with Gasteiger partial charge in [-0.2, -0.15) is 13.2 Å². The van der Waals surface area contributed by atoms with Gasteiger partial charge in [-0.05, 0) is 168 Å². The van der Waals surface area contributed by atoms with E-state index in [0.717, 1.165) is 132 Å². The van der Waals surface area contributed by atoms with Crippen LogP contribution in [0, 0.1) is 56.3 Å².